The Hall–Kier alpha value is -2.04. The summed E-state index contributed by atoms with van der Waals surface area (Å²) in [6, 6.07) is 4.51. The van der Waals surface area contributed by atoms with Crippen molar-refractivity contribution in [2.75, 3.05) is 5.32 Å². The predicted octanol–water partition coefficient (Wildman–Crippen LogP) is 2.11. The molecule has 0 saturated heterocycles. The number of nitrogens with two attached hydrogens (primary N) is 1. The van der Waals surface area contributed by atoms with Gasteiger partial charge in [-0.2, -0.15) is 0 Å². The van der Waals surface area contributed by atoms with Gasteiger partial charge in [0.1, 0.15) is 6.04 Å². The Morgan fingerprint density at radius 1 is 1.21 bits per heavy atom. The van der Waals surface area contributed by atoms with Crippen LogP contribution in [0, 0.1) is 6.92 Å². The number of urea groups is 1. The van der Waals surface area contributed by atoms with Crippen molar-refractivity contribution in [1.29, 1.82) is 0 Å². The molecule has 1 aromatic rings. The summed E-state index contributed by atoms with van der Waals surface area (Å²) in [6.45, 7) is 7.66. The number of primary amides is 1. The molecule has 1 rings (SSSR count). The average Bonchev–Trinajstić information content (AvgIpc) is 2.30. The number of aryl methyl sites for hydroxylation is 1. The Kier molecular flexibility index (Phi) is 4.92. The van der Waals surface area contributed by atoms with Crippen LogP contribution in [0.5, 0.6) is 0 Å². The quantitative estimate of drug-likeness (QED) is 0.777. The molecule has 0 saturated carbocycles. The van der Waals surface area contributed by atoms with Crippen molar-refractivity contribution < 1.29 is 9.59 Å². The second-order valence-corrected chi connectivity index (χ2v) is 4.91. The zero-order valence-corrected chi connectivity index (χ0v) is 11.8. The maximum Gasteiger partial charge on any atom is 0.312 e. The number of hydrogen-bond acceptors (Lipinski definition) is 2. The molecule has 19 heavy (non-hydrogen) atoms. The highest BCUT2D eigenvalue weighted by molar-refractivity contribution is 5.97. The topological polar surface area (TPSA) is 84.2 Å². The van der Waals surface area contributed by atoms with Gasteiger partial charge in [-0.3, -0.25) is 4.79 Å². The van der Waals surface area contributed by atoms with E-state index in [9.17, 15) is 9.59 Å². The van der Waals surface area contributed by atoms with Crippen molar-refractivity contribution >= 4 is 17.6 Å². The van der Waals surface area contributed by atoms with Crippen molar-refractivity contribution in [3.8, 4) is 0 Å². The predicted molar refractivity (Wildman–Crippen MR) is 76.1 cm³/mol. The monoisotopic (exact) mass is 263 g/mol. The minimum atomic E-state index is -0.712. The third kappa shape index (κ3) is 3.98. The number of hydrogen-bond donors (Lipinski definition) is 3. The van der Waals surface area contributed by atoms with Crippen molar-refractivity contribution in [3.63, 3.8) is 0 Å². The summed E-state index contributed by atoms with van der Waals surface area (Å²) in [5.74, 6) is 0.0182. The Morgan fingerprint density at radius 2 is 1.84 bits per heavy atom. The largest absolute Gasteiger partial charge is 0.352 e. The number of anilines is 1. The molecule has 0 aliphatic heterocycles. The molecule has 0 fully saturated rings. The third-order valence-corrected chi connectivity index (χ3v) is 2.93. The van der Waals surface area contributed by atoms with Crippen LogP contribution in [0.25, 0.3) is 0 Å². The molecule has 0 aliphatic carbocycles. The van der Waals surface area contributed by atoms with E-state index in [4.69, 9.17) is 5.73 Å². The number of carbonyl (C=O) groups excluding carboxylic acids is 2. The molecule has 0 radical (unpaired) electrons. The summed E-state index contributed by atoms with van der Waals surface area (Å²) in [5.41, 5.74) is 7.87. The summed E-state index contributed by atoms with van der Waals surface area (Å²) in [6.07, 6.45) is 0. The lowest BCUT2D eigenvalue weighted by molar-refractivity contribution is -0.117. The van der Waals surface area contributed by atoms with E-state index >= 15 is 0 Å². The Labute approximate surface area is 113 Å². The Bertz CT molecular complexity index is 484. The summed E-state index contributed by atoms with van der Waals surface area (Å²) in [4.78, 5) is 22.7. The second-order valence-electron chi connectivity index (χ2n) is 4.91. The van der Waals surface area contributed by atoms with Crippen LogP contribution in [0.4, 0.5) is 10.5 Å². The van der Waals surface area contributed by atoms with Gasteiger partial charge in [-0.05, 0) is 30.9 Å². The first-order valence-electron chi connectivity index (χ1n) is 6.29. The van der Waals surface area contributed by atoms with Crippen LogP contribution in [0.3, 0.4) is 0 Å². The van der Waals surface area contributed by atoms with Crippen LogP contribution in [0.15, 0.2) is 18.2 Å². The van der Waals surface area contributed by atoms with E-state index in [-0.39, 0.29) is 5.91 Å². The molecule has 1 aromatic carbocycles. The Balaban J connectivity index is 2.93. The highest BCUT2D eigenvalue weighted by atomic mass is 16.2. The molecule has 0 spiro atoms. The van der Waals surface area contributed by atoms with Gasteiger partial charge < -0.3 is 16.4 Å². The van der Waals surface area contributed by atoms with E-state index in [0.717, 1.165) is 16.8 Å². The van der Waals surface area contributed by atoms with Gasteiger partial charge in [0, 0.05) is 5.69 Å². The van der Waals surface area contributed by atoms with Gasteiger partial charge in [0.25, 0.3) is 0 Å². The fourth-order valence-electron chi connectivity index (χ4n) is 1.85. The average molecular weight is 263 g/mol. The van der Waals surface area contributed by atoms with E-state index < -0.39 is 12.1 Å². The molecule has 1 atom stereocenters. The van der Waals surface area contributed by atoms with Crippen molar-refractivity contribution in [3.05, 3.63) is 29.3 Å². The first kappa shape index (κ1) is 15.0. The second kappa shape index (κ2) is 6.22. The molecule has 5 nitrogen and oxygen atoms in total. The molecule has 0 bridgehead atoms. The molecule has 0 aliphatic rings. The van der Waals surface area contributed by atoms with E-state index in [0.29, 0.717) is 5.92 Å². The molecule has 0 aromatic heterocycles. The highest BCUT2D eigenvalue weighted by Crippen LogP contribution is 2.27. The first-order chi connectivity index (χ1) is 8.82. The molecule has 104 valence electrons. The molecule has 5 heteroatoms. The number of rotatable bonds is 4. The van der Waals surface area contributed by atoms with Crippen LogP contribution in [0.1, 0.15) is 37.8 Å². The number of benzene rings is 1. The minimum absolute atomic E-state index is 0.282. The number of carbonyl (C=O) groups is 2. The van der Waals surface area contributed by atoms with Crippen LogP contribution < -0.4 is 16.4 Å². The lowest BCUT2D eigenvalue weighted by Crippen LogP contribution is -2.44. The summed E-state index contributed by atoms with van der Waals surface area (Å²) in [5, 5.41) is 5.21. The van der Waals surface area contributed by atoms with Gasteiger partial charge in [0.05, 0.1) is 0 Å². The molecule has 1 unspecified atom stereocenters. The molecular weight excluding hydrogens is 242 g/mol. The summed E-state index contributed by atoms with van der Waals surface area (Å²) >= 11 is 0. The number of para-hydroxylation sites is 1. The van der Waals surface area contributed by atoms with E-state index in [1.807, 2.05) is 25.1 Å². The zero-order valence-electron chi connectivity index (χ0n) is 11.8. The first-order valence-corrected chi connectivity index (χ1v) is 6.29. The summed E-state index contributed by atoms with van der Waals surface area (Å²) in [7, 11) is 0. The van der Waals surface area contributed by atoms with Gasteiger partial charge in [-0.1, -0.05) is 32.0 Å². The lowest BCUT2D eigenvalue weighted by Gasteiger charge is -2.18. The summed E-state index contributed by atoms with van der Waals surface area (Å²) < 4.78 is 0. The van der Waals surface area contributed by atoms with Gasteiger partial charge in [-0.25, -0.2) is 4.79 Å². The van der Waals surface area contributed by atoms with Crippen molar-refractivity contribution in [2.24, 2.45) is 5.73 Å². The molecule has 4 N–H and O–H groups in total. The fourth-order valence-corrected chi connectivity index (χ4v) is 1.85. The van der Waals surface area contributed by atoms with Gasteiger partial charge in [-0.15, -0.1) is 0 Å². The zero-order chi connectivity index (χ0) is 14.6. The minimum Gasteiger partial charge on any atom is -0.352 e. The van der Waals surface area contributed by atoms with Crippen LogP contribution in [0.2, 0.25) is 0 Å². The third-order valence-electron chi connectivity index (χ3n) is 2.93. The van der Waals surface area contributed by atoms with Crippen LogP contribution >= 0.6 is 0 Å². The molecule has 3 amide bonds. The number of nitrogens with one attached hydrogen (secondary N) is 2. The number of amides is 3. The van der Waals surface area contributed by atoms with E-state index in [1.54, 1.807) is 6.92 Å². The van der Waals surface area contributed by atoms with Gasteiger partial charge in [0.2, 0.25) is 5.91 Å². The van der Waals surface area contributed by atoms with Crippen LogP contribution in [-0.2, 0) is 4.79 Å². The maximum atomic E-state index is 12.0. The van der Waals surface area contributed by atoms with E-state index in [1.165, 1.54) is 0 Å². The SMILES string of the molecule is Cc1cccc(C(C)C)c1NC(=O)C(C)NC(N)=O. The molecular formula is C14H21N3O2. The Morgan fingerprint density at radius 3 is 2.37 bits per heavy atom. The standard InChI is InChI=1S/C14H21N3O2/c1-8(2)11-7-5-6-9(3)12(11)17-13(18)10(4)16-14(15)19/h5-8,10H,1-4H3,(H,17,18)(H3,15,16,19). The highest BCUT2D eigenvalue weighted by Gasteiger charge is 2.17. The van der Waals surface area contributed by atoms with E-state index in [2.05, 4.69) is 24.5 Å². The van der Waals surface area contributed by atoms with Crippen molar-refractivity contribution in [1.82, 2.24) is 5.32 Å². The lowest BCUT2D eigenvalue weighted by atomic mass is 9.98. The van der Waals surface area contributed by atoms with Crippen LogP contribution in [-0.4, -0.2) is 18.0 Å². The fraction of sp³-hybridized carbons (Fsp3) is 0.429. The smallest absolute Gasteiger partial charge is 0.312 e. The maximum absolute atomic E-state index is 12.0. The molecule has 0 heterocycles. The normalized spacial score (nSPS) is 12.1. The van der Waals surface area contributed by atoms with Crippen molar-refractivity contribution in [2.45, 2.75) is 39.7 Å². The van der Waals surface area contributed by atoms with Gasteiger partial charge in [0.15, 0.2) is 0 Å². The van der Waals surface area contributed by atoms with Gasteiger partial charge >= 0.3 is 6.03 Å².